The van der Waals surface area contributed by atoms with Crippen molar-refractivity contribution in [3.63, 3.8) is 0 Å². The number of hydrogen-bond donors (Lipinski definition) is 4. The van der Waals surface area contributed by atoms with Crippen LogP contribution in [0, 0.1) is 22.7 Å². The molecule has 6 heteroatoms. The summed E-state index contributed by atoms with van der Waals surface area (Å²) in [6.07, 6.45) is 5.37. The third kappa shape index (κ3) is 5.95. The van der Waals surface area contributed by atoms with Gasteiger partial charge < -0.3 is 20.4 Å². The van der Waals surface area contributed by atoms with Crippen LogP contribution in [-0.2, 0) is 12.8 Å². The fourth-order valence-electron chi connectivity index (χ4n) is 6.12. The van der Waals surface area contributed by atoms with E-state index in [1.807, 2.05) is 76.2 Å². The maximum atomic E-state index is 10.7. The molecule has 2 fully saturated rings. The molecule has 4 N–H and O–H groups in total. The molecule has 200 valence electrons. The minimum absolute atomic E-state index is 0.110. The Morgan fingerprint density at radius 3 is 1.22 bits per heavy atom. The number of aliphatic hydroxyl groups is 4. The Balaban J connectivity index is 0.000000201. The van der Waals surface area contributed by atoms with Crippen LogP contribution in [0.3, 0.4) is 0 Å². The zero-order chi connectivity index (χ0) is 26.8. The summed E-state index contributed by atoms with van der Waals surface area (Å²) in [4.78, 5) is 0. The molecule has 0 aliphatic heterocycles. The quantitative estimate of drug-likeness (QED) is 0.360. The van der Waals surface area contributed by atoms with E-state index in [1.54, 1.807) is 0 Å². The smallest absolute Gasteiger partial charge is 0.0958 e. The standard InChI is InChI=1S/2C15H21ClO2/c2*1-14(2)8-7-12(15(14,18)10-17)9-11-3-5-13(16)6-4-11/h2*3-6,12,17-18H,7-10H2,1-2H3/t12-,15+;12-,15-/m11/s1. The molecule has 2 aliphatic carbocycles. The number of halogens is 2. The van der Waals surface area contributed by atoms with Gasteiger partial charge in [-0.25, -0.2) is 0 Å². The molecule has 4 nitrogen and oxygen atoms in total. The van der Waals surface area contributed by atoms with Gasteiger partial charge in [0.25, 0.3) is 0 Å². The lowest BCUT2D eigenvalue weighted by atomic mass is 9.73. The van der Waals surface area contributed by atoms with Crippen molar-refractivity contribution in [2.24, 2.45) is 22.7 Å². The zero-order valence-corrected chi connectivity index (χ0v) is 23.5. The van der Waals surface area contributed by atoms with Crippen LogP contribution in [0.5, 0.6) is 0 Å². The second kappa shape index (κ2) is 11.3. The highest BCUT2D eigenvalue weighted by atomic mass is 35.5. The van der Waals surface area contributed by atoms with Gasteiger partial charge in [-0.05, 0) is 96.6 Å². The van der Waals surface area contributed by atoms with Crippen LogP contribution in [0.2, 0.25) is 10.0 Å². The first-order valence-corrected chi connectivity index (χ1v) is 13.7. The Labute approximate surface area is 226 Å². The molecular formula is C30H42Cl2O4. The van der Waals surface area contributed by atoms with E-state index in [9.17, 15) is 20.4 Å². The number of aliphatic hydroxyl groups excluding tert-OH is 2. The number of rotatable bonds is 6. The van der Waals surface area contributed by atoms with E-state index >= 15 is 0 Å². The molecule has 0 heterocycles. The van der Waals surface area contributed by atoms with Crippen molar-refractivity contribution in [3.05, 3.63) is 69.7 Å². The van der Waals surface area contributed by atoms with Crippen molar-refractivity contribution < 1.29 is 20.4 Å². The van der Waals surface area contributed by atoms with E-state index in [0.717, 1.165) is 59.7 Å². The molecule has 0 amide bonds. The molecule has 0 spiro atoms. The van der Waals surface area contributed by atoms with Crippen molar-refractivity contribution in [2.45, 2.75) is 77.4 Å². The Morgan fingerprint density at radius 1 is 0.639 bits per heavy atom. The van der Waals surface area contributed by atoms with Crippen LogP contribution >= 0.6 is 23.2 Å². The van der Waals surface area contributed by atoms with Crippen molar-refractivity contribution in [3.8, 4) is 0 Å². The normalized spacial score (nSPS) is 30.6. The third-order valence-electron chi connectivity index (χ3n) is 9.20. The fourth-order valence-corrected chi connectivity index (χ4v) is 6.38. The van der Waals surface area contributed by atoms with Gasteiger partial charge in [0.2, 0.25) is 0 Å². The average molecular weight is 538 g/mol. The van der Waals surface area contributed by atoms with Crippen LogP contribution in [0.4, 0.5) is 0 Å². The molecule has 0 radical (unpaired) electrons. The molecule has 0 aromatic heterocycles. The summed E-state index contributed by atoms with van der Waals surface area (Å²) in [5.74, 6) is 0.220. The van der Waals surface area contributed by atoms with Gasteiger partial charge in [0.15, 0.2) is 0 Å². The first-order valence-electron chi connectivity index (χ1n) is 12.9. The van der Waals surface area contributed by atoms with E-state index in [2.05, 4.69) is 0 Å². The van der Waals surface area contributed by atoms with Gasteiger partial charge >= 0.3 is 0 Å². The van der Waals surface area contributed by atoms with Crippen LogP contribution in [0.1, 0.15) is 64.5 Å². The van der Waals surface area contributed by atoms with Gasteiger partial charge in [0.1, 0.15) is 0 Å². The zero-order valence-electron chi connectivity index (χ0n) is 22.0. The maximum absolute atomic E-state index is 10.7. The third-order valence-corrected chi connectivity index (χ3v) is 9.71. The second-order valence-corrected chi connectivity index (χ2v) is 12.9. The lowest BCUT2D eigenvalue weighted by Gasteiger charge is -2.39. The van der Waals surface area contributed by atoms with Gasteiger partial charge in [-0.15, -0.1) is 0 Å². The summed E-state index contributed by atoms with van der Waals surface area (Å²) in [5.41, 5.74) is -0.0836. The lowest BCUT2D eigenvalue weighted by Crippen LogP contribution is -2.49. The predicted octanol–water partition coefficient (Wildman–Crippen LogP) is 6.08. The molecule has 2 saturated carbocycles. The van der Waals surface area contributed by atoms with Crippen LogP contribution in [-0.4, -0.2) is 44.8 Å². The van der Waals surface area contributed by atoms with Crippen molar-refractivity contribution >= 4 is 23.2 Å². The first kappa shape index (κ1) is 29.4. The lowest BCUT2D eigenvalue weighted by molar-refractivity contribution is -0.110. The fraction of sp³-hybridized carbons (Fsp3) is 0.600. The molecular weight excluding hydrogens is 495 g/mol. The highest BCUT2D eigenvalue weighted by Crippen LogP contribution is 2.51. The molecule has 0 saturated heterocycles. The largest absolute Gasteiger partial charge is 0.393 e. The Bertz CT molecular complexity index is 908. The van der Waals surface area contributed by atoms with E-state index in [-0.39, 0.29) is 35.9 Å². The summed E-state index contributed by atoms with van der Waals surface area (Å²) in [6, 6.07) is 15.4. The molecule has 36 heavy (non-hydrogen) atoms. The molecule has 4 rings (SSSR count). The Kier molecular flexibility index (Phi) is 9.24. The molecule has 2 aromatic rings. The van der Waals surface area contributed by atoms with Gasteiger partial charge in [0, 0.05) is 10.0 Å². The average Bonchev–Trinajstić information content (AvgIpc) is 3.21. The van der Waals surface area contributed by atoms with Gasteiger partial charge in [0.05, 0.1) is 24.4 Å². The number of hydrogen-bond acceptors (Lipinski definition) is 4. The van der Waals surface area contributed by atoms with Crippen LogP contribution < -0.4 is 0 Å². The Morgan fingerprint density at radius 2 is 0.944 bits per heavy atom. The summed E-state index contributed by atoms with van der Waals surface area (Å²) in [6.45, 7) is 7.79. The first-order chi connectivity index (χ1) is 16.8. The molecule has 2 aliphatic rings. The maximum Gasteiger partial charge on any atom is 0.0958 e. The second-order valence-electron chi connectivity index (χ2n) is 12.1. The van der Waals surface area contributed by atoms with Gasteiger partial charge in [-0.1, -0.05) is 75.2 Å². The van der Waals surface area contributed by atoms with Gasteiger partial charge in [-0.3, -0.25) is 0 Å². The van der Waals surface area contributed by atoms with E-state index in [1.165, 1.54) is 0 Å². The minimum atomic E-state index is -0.980. The monoisotopic (exact) mass is 536 g/mol. The van der Waals surface area contributed by atoms with Crippen LogP contribution in [0.25, 0.3) is 0 Å². The highest BCUT2D eigenvalue weighted by Gasteiger charge is 2.54. The topological polar surface area (TPSA) is 80.9 Å². The van der Waals surface area contributed by atoms with E-state index in [4.69, 9.17) is 23.2 Å². The summed E-state index contributed by atoms with van der Waals surface area (Å²) < 4.78 is 0. The Hall–Kier alpha value is -1.14. The molecule has 4 atom stereocenters. The van der Waals surface area contributed by atoms with Crippen molar-refractivity contribution in [1.82, 2.24) is 0 Å². The SMILES string of the molecule is CC1(C)CC[C@H](Cc2ccc(Cl)cc2)[C@@]1(O)CO.CC1(C)CC[C@H](Cc2ccc(Cl)cc2)[C@]1(O)CO. The number of benzene rings is 2. The van der Waals surface area contributed by atoms with Gasteiger partial charge in [-0.2, -0.15) is 0 Å². The highest BCUT2D eigenvalue weighted by molar-refractivity contribution is 6.30. The molecule has 0 bridgehead atoms. The van der Waals surface area contributed by atoms with Crippen LogP contribution in [0.15, 0.2) is 48.5 Å². The minimum Gasteiger partial charge on any atom is -0.393 e. The summed E-state index contributed by atoms with van der Waals surface area (Å²) in [5, 5.41) is 42.1. The summed E-state index contributed by atoms with van der Waals surface area (Å²) >= 11 is 11.7. The predicted molar refractivity (Wildman–Crippen MR) is 147 cm³/mol. The molecule has 0 unspecified atom stereocenters. The van der Waals surface area contributed by atoms with E-state index < -0.39 is 11.2 Å². The molecule has 2 aromatic carbocycles. The van der Waals surface area contributed by atoms with E-state index in [0.29, 0.717) is 0 Å². The van der Waals surface area contributed by atoms with Crippen molar-refractivity contribution in [2.75, 3.05) is 13.2 Å². The summed E-state index contributed by atoms with van der Waals surface area (Å²) in [7, 11) is 0. The van der Waals surface area contributed by atoms with Crippen molar-refractivity contribution in [1.29, 1.82) is 0 Å².